The topological polar surface area (TPSA) is 32.3 Å². The average molecular weight is 367 g/mol. The molecule has 0 fully saturated rings. The highest BCUT2D eigenvalue weighted by molar-refractivity contribution is 5.72. The van der Waals surface area contributed by atoms with Crippen molar-refractivity contribution in [3.63, 3.8) is 0 Å². The zero-order valence-electron chi connectivity index (χ0n) is 17.5. The number of rotatable bonds is 8. The van der Waals surface area contributed by atoms with E-state index in [1.165, 1.54) is 16.7 Å². The van der Waals surface area contributed by atoms with Gasteiger partial charge in [-0.05, 0) is 35.1 Å². The van der Waals surface area contributed by atoms with Crippen LogP contribution in [0.25, 0.3) is 0 Å². The van der Waals surface area contributed by atoms with E-state index < -0.39 is 0 Å². The van der Waals surface area contributed by atoms with Crippen molar-refractivity contribution in [3.05, 3.63) is 71.3 Å². The van der Waals surface area contributed by atoms with E-state index in [0.717, 1.165) is 19.5 Å². The van der Waals surface area contributed by atoms with E-state index in [2.05, 4.69) is 92.5 Å². The predicted molar refractivity (Wildman–Crippen MR) is 114 cm³/mol. The summed E-state index contributed by atoms with van der Waals surface area (Å²) >= 11 is 0. The van der Waals surface area contributed by atoms with Crippen LogP contribution in [0.1, 0.15) is 63.8 Å². The molecule has 1 unspecified atom stereocenters. The van der Waals surface area contributed by atoms with Crippen molar-refractivity contribution >= 4 is 5.91 Å². The van der Waals surface area contributed by atoms with Gasteiger partial charge in [-0.1, -0.05) is 82.3 Å². The molecule has 1 N–H and O–H groups in total. The second-order valence-corrected chi connectivity index (χ2v) is 8.20. The minimum atomic E-state index is 0.0252. The van der Waals surface area contributed by atoms with Crippen LogP contribution in [-0.4, -0.2) is 30.4 Å². The smallest absolute Gasteiger partial charge is 0.216 e. The standard InChI is InChI=1S/C24H34N2O/c1-6-17-26(18-16-25-19(2)27)23(20-10-8-7-9-11-20)21-12-14-22(15-13-21)24(3,4)5/h7-15,23H,6,16-18H2,1-5H3,(H,25,27). The lowest BCUT2D eigenvalue weighted by atomic mass is 9.85. The van der Waals surface area contributed by atoms with Crippen molar-refractivity contribution in [2.24, 2.45) is 0 Å². The molecule has 2 aromatic carbocycles. The third kappa shape index (κ3) is 6.21. The second kappa shape index (κ2) is 9.70. The molecule has 0 saturated heterocycles. The van der Waals surface area contributed by atoms with Gasteiger partial charge >= 0.3 is 0 Å². The fourth-order valence-corrected chi connectivity index (χ4v) is 3.45. The first-order valence-corrected chi connectivity index (χ1v) is 9.96. The molecular formula is C24H34N2O. The van der Waals surface area contributed by atoms with Crippen molar-refractivity contribution in [3.8, 4) is 0 Å². The van der Waals surface area contributed by atoms with Crippen LogP contribution in [0.5, 0.6) is 0 Å². The maximum atomic E-state index is 11.3. The van der Waals surface area contributed by atoms with Crippen LogP contribution in [0.3, 0.4) is 0 Å². The third-order valence-electron chi connectivity index (χ3n) is 4.86. The molecule has 0 aliphatic heterocycles. The number of carbonyl (C=O) groups excluding carboxylic acids is 1. The summed E-state index contributed by atoms with van der Waals surface area (Å²) in [5.41, 5.74) is 4.08. The first kappa shape index (κ1) is 21.2. The lowest BCUT2D eigenvalue weighted by Gasteiger charge is -2.33. The van der Waals surface area contributed by atoms with Gasteiger partial charge in [-0.3, -0.25) is 9.69 Å². The molecule has 0 bridgehead atoms. The van der Waals surface area contributed by atoms with E-state index in [4.69, 9.17) is 0 Å². The molecule has 2 aromatic rings. The minimum absolute atomic E-state index is 0.0252. The van der Waals surface area contributed by atoms with Crippen LogP contribution in [0.2, 0.25) is 0 Å². The van der Waals surface area contributed by atoms with Crippen LogP contribution in [0.4, 0.5) is 0 Å². The monoisotopic (exact) mass is 366 g/mol. The van der Waals surface area contributed by atoms with E-state index in [1.807, 2.05) is 0 Å². The van der Waals surface area contributed by atoms with Gasteiger partial charge in [-0.25, -0.2) is 0 Å². The number of benzene rings is 2. The Bertz CT molecular complexity index is 701. The van der Waals surface area contributed by atoms with Gasteiger partial charge in [-0.15, -0.1) is 0 Å². The summed E-state index contributed by atoms with van der Waals surface area (Å²) in [5.74, 6) is 0.0252. The Balaban J connectivity index is 2.36. The molecule has 0 aliphatic carbocycles. The molecule has 0 aliphatic rings. The summed E-state index contributed by atoms with van der Waals surface area (Å²) < 4.78 is 0. The van der Waals surface area contributed by atoms with E-state index in [9.17, 15) is 4.79 Å². The molecule has 0 aromatic heterocycles. The number of nitrogens with one attached hydrogen (secondary N) is 1. The predicted octanol–water partition coefficient (Wildman–Crippen LogP) is 4.92. The summed E-state index contributed by atoms with van der Waals surface area (Å²) in [5, 5.41) is 2.94. The quantitative estimate of drug-likeness (QED) is 0.719. The summed E-state index contributed by atoms with van der Waals surface area (Å²) in [4.78, 5) is 13.8. The van der Waals surface area contributed by atoms with Gasteiger partial charge in [0.1, 0.15) is 0 Å². The van der Waals surface area contributed by atoms with Crippen molar-refractivity contribution in [1.29, 1.82) is 0 Å². The van der Waals surface area contributed by atoms with Gasteiger partial charge in [0.25, 0.3) is 0 Å². The summed E-state index contributed by atoms with van der Waals surface area (Å²) in [6.45, 7) is 13.0. The fraction of sp³-hybridized carbons (Fsp3) is 0.458. The van der Waals surface area contributed by atoms with Gasteiger partial charge in [-0.2, -0.15) is 0 Å². The van der Waals surface area contributed by atoms with E-state index in [0.29, 0.717) is 6.54 Å². The highest BCUT2D eigenvalue weighted by atomic mass is 16.1. The highest BCUT2D eigenvalue weighted by Crippen LogP contribution is 2.31. The Morgan fingerprint density at radius 1 is 0.963 bits per heavy atom. The Labute approximate surface area is 164 Å². The summed E-state index contributed by atoms with van der Waals surface area (Å²) in [6.07, 6.45) is 1.07. The number of nitrogens with zero attached hydrogens (tertiary/aromatic N) is 1. The van der Waals surface area contributed by atoms with E-state index in [1.54, 1.807) is 6.92 Å². The number of carbonyl (C=O) groups is 1. The molecule has 1 amide bonds. The first-order valence-electron chi connectivity index (χ1n) is 9.96. The van der Waals surface area contributed by atoms with Gasteiger partial charge in [0, 0.05) is 20.0 Å². The fourth-order valence-electron chi connectivity index (χ4n) is 3.45. The first-order chi connectivity index (χ1) is 12.8. The number of hydrogen-bond donors (Lipinski definition) is 1. The Kier molecular flexibility index (Phi) is 7.61. The molecule has 0 heterocycles. The molecule has 0 saturated carbocycles. The van der Waals surface area contributed by atoms with Crippen molar-refractivity contribution < 1.29 is 4.79 Å². The largest absolute Gasteiger partial charge is 0.355 e. The molecule has 146 valence electrons. The van der Waals surface area contributed by atoms with Crippen LogP contribution < -0.4 is 5.32 Å². The molecule has 3 nitrogen and oxygen atoms in total. The number of amides is 1. The van der Waals surface area contributed by atoms with Crippen LogP contribution in [0.15, 0.2) is 54.6 Å². The lowest BCUT2D eigenvalue weighted by Crippen LogP contribution is -2.37. The van der Waals surface area contributed by atoms with Gasteiger partial charge < -0.3 is 5.32 Å². The van der Waals surface area contributed by atoms with Gasteiger partial charge in [0.15, 0.2) is 0 Å². The van der Waals surface area contributed by atoms with E-state index in [-0.39, 0.29) is 17.4 Å². The van der Waals surface area contributed by atoms with E-state index >= 15 is 0 Å². The van der Waals surface area contributed by atoms with Crippen LogP contribution in [-0.2, 0) is 10.2 Å². The Morgan fingerprint density at radius 2 is 1.56 bits per heavy atom. The van der Waals surface area contributed by atoms with Crippen molar-refractivity contribution in [1.82, 2.24) is 10.2 Å². The van der Waals surface area contributed by atoms with Gasteiger partial charge in [0.2, 0.25) is 5.91 Å². The molecule has 0 radical (unpaired) electrons. The van der Waals surface area contributed by atoms with Crippen LogP contribution >= 0.6 is 0 Å². The zero-order chi connectivity index (χ0) is 19.9. The molecule has 3 heteroatoms. The Morgan fingerprint density at radius 3 is 2.07 bits per heavy atom. The maximum absolute atomic E-state index is 11.3. The molecule has 2 rings (SSSR count). The van der Waals surface area contributed by atoms with Crippen molar-refractivity contribution in [2.75, 3.05) is 19.6 Å². The second-order valence-electron chi connectivity index (χ2n) is 8.20. The molecule has 0 spiro atoms. The molecule has 27 heavy (non-hydrogen) atoms. The number of hydrogen-bond acceptors (Lipinski definition) is 2. The molecule has 1 atom stereocenters. The lowest BCUT2D eigenvalue weighted by molar-refractivity contribution is -0.119. The third-order valence-corrected chi connectivity index (χ3v) is 4.86. The average Bonchev–Trinajstić information content (AvgIpc) is 2.62. The van der Waals surface area contributed by atoms with Crippen LogP contribution in [0, 0.1) is 0 Å². The van der Waals surface area contributed by atoms with Gasteiger partial charge in [0.05, 0.1) is 6.04 Å². The molecular weight excluding hydrogens is 332 g/mol. The SMILES string of the molecule is CCCN(CCNC(C)=O)C(c1ccccc1)c1ccc(C(C)(C)C)cc1. The van der Waals surface area contributed by atoms with Crippen molar-refractivity contribution in [2.45, 2.75) is 52.5 Å². The Hall–Kier alpha value is -2.13. The minimum Gasteiger partial charge on any atom is -0.355 e. The highest BCUT2D eigenvalue weighted by Gasteiger charge is 2.22. The maximum Gasteiger partial charge on any atom is 0.216 e. The zero-order valence-corrected chi connectivity index (χ0v) is 17.5. The normalized spacial score (nSPS) is 12.8. The summed E-state index contributed by atoms with van der Waals surface area (Å²) in [7, 11) is 0. The summed E-state index contributed by atoms with van der Waals surface area (Å²) in [6, 6.07) is 19.9.